The molecule has 1 aliphatic rings. The van der Waals surface area contributed by atoms with E-state index in [-0.39, 0.29) is 6.61 Å². The third kappa shape index (κ3) is 4.32. The summed E-state index contributed by atoms with van der Waals surface area (Å²) in [6, 6.07) is 8.17. The number of piperazine rings is 1. The minimum Gasteiger partial charge on any atom is -0.392 e. The van der Waals surface area contributed by atoms with E-state index in [2.05, 4.69) is 22.3 Å². The highest BCUT2D eigenvalue weighted by molar-refractivity contribution is 7.99. The predicted octanol–water partition coefficient (Wildman–Crippen LogP) is 1.18. The van der Waals surface area contributed by atoms with Crippen LogP contribution in [0.2, 0.25) is 0 Å². The average Bonchev–Trinajstić information content (AvgIpc) is 2.41. The molecule has 0 aliphatic carbocycles. The van der Waals surface area contributed by atoms with Gasteiger partial charge in [-0.25, -0.2) is 0 Å². The molecule has 0 saturated carbocycles. The molecule has 0 unspecified atom stereocenters. The quantitative estimate of drug-likeness (QED) is 0.771. The zero-order valence-corrected chi connectivity index (χ0v) is 10.9. The third-order valence-corrected chi connectivity index (χ3v) is 3.98. The molecule has 2 rings (SSSR count). The lowest BCUT2D eigenvalue weighted by Crippen LogP contribution is -2.44. The SMILES string of the molecule is OCc1ccc(SCCN2CCNCC2)cc1. The second-order valence-corrected chi connectivity index (χ2v) is 5.41. The van der Waals surface area contributed by atoms with E-state index in [1.165, 1.54) is 18.0 Å². The Morgan fingerprint density at radius 1 is 1.18 bits per heavy atom. The molecule has 4 heteroatoms. The average molecular weight is 252 g/mol. The van der Waals surface area contributed by atoms with Crippen LogP contribution < -0.4 is 5.32 Å². The molecule has 0 spiro atoms. The van der Waals surface area contributed by atoms with Gasteiger partial charge in [0.25, 0.3) is 0 Å². The molecule has 1 heterocycles. The van der Waals surface area contributed by atoms with Crippen LogP contribution in [0.4, 0.5) is 0 Å². The first kappa shape index (κ1) is 12.9. The number of thioether (sulfide) groups is 1. The number of nitrogens with one attached hydrogen (secondary N) is 1. The van der Waals surface area contributed by atoms with E-state index in [1.807, 2.05) is 23.9 Å². The van der Waals surface area contributed by atoms with Crippen LogP contribution in [-0.4, -0.2) is 48.5 Å². The standard InChI is InChI=1S/C13H20N2OS/c16-11-12-1-3-13(4-2-12)17-10-9-15-7-5-14-6-8-15/h1-4,14,16H,5-11H2. The van der Waals surface area contributed by atoms with Crippen molar-refractivity contribution in [3.8, 4) is 0 Å². The summed E-state index contributed by atoms with van der Waals surface area (Å²) >= 11 is 1.89. The fourth-order valence-electron chi connectivity index (χ4n) is 1.92. The fraction of sp³-hybridized carbons (Fsp3) is 0.538. The molecule has 0 atom stereocenters. The maximum absolute atomic E-state index is 8.96. The molecule has 17 heavy (non-hydrogen) atoms. The van der Waals surface area contributed by atoms with Crippen LogP contribution in [0.5, 0.6) is 0 Å². The van der Waals surface area contributed by atoms with Crippen molar-refractivity contribution in [2.45, 2.75) is 11.5 Å². The van der Waals surface area contributed by atoms with Crippen LogP contribution in [0.15, 0.2) is 29.2 Å². The lowest BCUT2D eigenvalue weighted by molar-refractivity contribution is 0.255. The minimum atomic E-state index is 0.131. The van der Waals surface area contributed by atoms with Gasteiger partial charge < -0.3 is 10.4 Å². The number of hydrogen-bond acceptors (Lipinski definition) is 4. The van der Waals surface area contributed by atoms with Crippen molar-refractivity contribution in [1.29, 1.82) is 0 Å². The van der Waals surface area contributed by atoms with Gasteiger partial charge in [-0.3, -0.25) is 4.90 Å². The van der Waals surface area contributed by atoms with Crippen molar-refractivity contribution in [3.63, 3.8) is 0 Å². The number of nitrogens with zero attached hydrogens (tertiary/aromatic N) is 1. The summed E-state index contributed by atoms with van der Waals surface area (Å²) in [4.78, 5) is 3.79. The molecule has 0 radical (unpaired) electrons. The Bertz CT molecular complexity index is 323. The van der Waals surface area contributed by atoms with Gasteiger partial charge >= 0.3 is 0 Å². The molecular formula is C13H20N2OS. The van der Waals surface area contributed by atoms with Gasteiger partial charge in [0.05, 0.1) is 6.61 Å². The summed E-state index contributed by atoms with van der Waals surface area (Å²) in [5, 5.41) is 12.3. The smallest absolute Gasteiger partial charge is 0.0681 e. The fourth-order valence-corrected chi connectivity index (χ4v) is 2.83. The number of aliphatic hydroxyl groups is 1. The van der Waals surface area contributed by atoms with Gasteiger partial charge in [-0.15, -0.1) is 11.8 Å². The number of hydrogen-bond donors (Lipinski definition) is 2. The summed E-state index contributed by atoms with van der Waals surface area (Å²) in [5.41, 5.74) is 0.983. The zero-order valence-electron chi connectivity index (χ0n) is 10.1. The zero-order chi connectivity index (χ0) is 11.9. The second-order valence-electron chi connectivity index (χ2n) is 4.24. The molecule has 1 aliphatic heterocycles. The molecule has 1 saturated heterocycles. The van der Waals surface area contributed by atoms with Gasteiger partial charge in [0.15, 0.2) is 0 Å². The van der Waals surface area contributed by atoms with Gasteiger partial charge in [-0.2, -0.15) is 0 Å². The molecule has 94 valence electrons. The molecule has 0 amide bonds. The van der Waals surface area contributed by atoms with Gasteiger partial charge in [0.1, 0.15) is 0 Å². The Morgan fingerprint density at radius 3 is 2.53 bits per heavy atom. The topological polar surface area (TPSA) is 35.5 Å². The van der Waals surface area contributed by atoms with Crippen LogP contribution >= 0.6 is 11.8 Å². The molecule has 0 aromatic heterocycles. The Balaban J connectivity index is 1.69. The highest BCUT2D eigenvalue weighted by Crippen LogP contribution is 2.18. The van der Waals surface area contributed by atoms with Crippen LogP contribution in [-0.2, 0) is 6.61 Å². The molecule has 1 aromatic carbocycles. The summed E-state index contributed by atoms with van der Waals surface area (Å²) < 4.78 is 0. The van der Waals surface area contributed by atoms with Crippen molar-refractivity contribution >= 4 is 11.8 Å². The lowest BCUT2D eigenvalue weighted by Gasteiger charge is -2.26. The monoisotopic (exact) mass is 252 g/mol. The van der Waals surface area contributed by atoms with Gasteiger partial charge in [0, 0.05) is 43.4 Å². The Morgan fingerprint density at radius 2 is 1.88 bits per heavy atom. The molecule has 2 N–H and O–H groups in total. The van der Waals surface area contributed by atoms with E-state index >= 15 is 0 Å². The lowest BCUT2D eigenvalue weighted by atomic mass is 10.2. The maximum atomic E-state index is 8.96. The van der Waals surface area contributed by atoms with Gasteiger partial charge in [-0.05, 0) is 17.7 Å². The molecule has 3 nitrogen and oxygen atoms in total. The normalized spacial score (nSPS) is 17.2. The van der Waals surface area contributed by atoms with E-state index in [9.17, 15) is 0 Å². The van der Waals surface area contributed by atoms with E-state index in [0.717, 1.165) is 31.0 Å². The van der Waals surface area contributed by atoms with Crippen LogP contribution in [0.1, 0.15) is 5.56 Å². The Labute approximate surface area is 107 Å². The first-order chi connectivity index (χ1) is 8.38. The largest absolute Gasteiger partial charge is 0.392 e. The van der Waals surface area contributed by atoms with Crippen LogP contribution in [0.3, 0.4) is 0 Å². The number of aliphatic hydroxyl groups excluding tert-OH is 1. The number of benzene rings is 1. The molecule has 1 aromatic rings. The Kier molecular flexibility index (Phi) is 5.32. The highest BCUT2D eigenvalue weighted by Gasteiger charge is 2.08. The first-order valence-corrected chi connectivity index (χ1v) is 7.13. The highest BCUT2D eigenvalue weighted by atomic mass is 32.2. The van der Waals surface area contributed by atoms with Crippen molar-refractivity contribution in [3.05, 3.63) is 29.8 Å². The van der Waals surface area contributed by atoms with E-state index in [1.54, 1.807) is 0 Å². The molecular weight excluding hydrogens is 232 g/mol. The van der Waals surface area contributed by atoms with Gasteiger partial charge in [-0.1, -0.05) is 12.1 Å². The summed E-state index contributed by atoms with van der Waals surface area (Å²) in [6.45, 7) is 5.87. The second kappa shape index (κ2) is 7.01. The maximum Gasteiger partial charge on any atom is 0.0681 e. The van der Waals surface area contributed by atoms with Gasteiger partial charge in [0.2, 0.25) is 0 Å². The minimum absolute atomic E-state index is 0.131. The van der Waals surface area contributed by atoms with E-state index in [0.29, 0.717) is 0 Å². The summed E-state index contributed by atoms with van der Waals surface area (Å²) in [6.07, 6.45) is 0. The molecule has 1 fully saturated rings. The van der Waals surface area contributed by atoms with Crippen LogP contribution in [0, 0.1) is 0 Å². The first-order valence-electron chi connectivity index (χ1n) is 6.14. The van der Waals surface area contributed by atoms with Crippen molar-refractivity contribution < 1.29 is 5.11 Å². The summed E-state index contributed by atoms with van der Waals surface area (Å²) in [5.74, 6) is 1.14. The Hall–Kier alpha value is -0.550. The van der Waals surface area contributed by atoms with E-state index in [4.69, 9.17) is 5.11 Å². The third-order valence-electron chi connectivity index (χ3n) is 2.99. The predicted molar refractivity (Wildman–Crippen MR) is 72.4 cm³/mol. The van der Waals surface area contributed by atoms with Crippen molar-refractivity contribution in [1.82, 2.24) is 10.2 Å². The van der Waals surface area contributed by atoms with Crippen molar-refractivity contribution in [2.24, 2.45) is 0 Å². The summed E-state index contributed by atoms with van der Waals surface area (Å²) in [7, 11) is 0. The van der Waals surface area contributed by atoms with Crippen LogP contribution in [0.25, 0.3) is 0 Å². The van der Waals surface area contributed by atoms with Crippen molar-refractivity contribution in [2.75, 3.05) is 38.5 Å². The molecule has 0 bridgehead atoms. The number of rotatable bonds is 5. The van der Waals surface area contributed by atoms with E-state index < -0.39 is 0 Å².